The van der Waals surface area contributed by atoms with E-state index < -0.39 is 12.0 Å². The number of ether oxygens (including phenoxy) is 12. The summed E-state index contributed by atoms with van der Waals surface area (Å²) in [5, 5.41) is 0. The van der Waals surface area contributed by atoms with E-state index >= 15 is 0 Å². The van der Waals surface area contributed by atoms with Gasteiger partial charge in [-0.15, -0.1) is 0 Å². The lowest BCUT2D eigenvalue weighted by atomic mass is 9.80. The summed E-state index contributed by atoms with van der Waals surface area (Å²) in [6.45, 7) is 19.9. The van der Waals surface area contributed by atoms with Crippen LogP contribution in [0.4, 0.5) is 0 Å². The first-order valence-electron chi connectivity index (χ1n) is 20.4. The Morgan fingerprint density at radius 2 is 0.983 bits per heavy atom. The van der Waals surface area contributed by atoms with Crippen LogP contribution >= 0.6 is 0 Å². The zero-order valence-electron chi connectivity index (χ0n) is 35.9. The fourth-order valence-corrected chi connectivity index (χ4v) is 5.73. The summed E-state index contributed by atoms with van der Waals surface area (Å²) < 4.78 is 65.6. The van der Waals surface area contributed by atoms with Crippen molar-refractivity contribution in [3.05, 3.63) is 29.3 Å². The van der Waals surface area contributed by atoms with Crippen molar-refractivity contribution in [2.75, 3.05) is 152 Å². The molecule has 58 heavy (non-hydrogen) atoms. The lowest BCUT2D eigenvalue weighted by Crippen LogP contribution is -2.46. The van der Waals surface area contributed by atoms with Gasteiger partial charge in [0.15, 0.2) is 5.78 Å². The van der Waals surface area contributed by atoms with Gasteiger partial charge in [0.2, 0.25) is 11.8 Å². The van der Waals surface area contributed by atoms with Crippen LogP contribution in [-0.4, -0.2) is 181 Å². The molecule has 0 spiro atoms. The smallest absolute Gasteiger partial charge is 0.234 e. The number of carbonyl (C=O) groups is 3. The number of rotatable bonds is 38. The van der Waals surface area contributed by atoms with Crippen LogP contribution in [0.3, 0.4) is 0 Å². The van der Waals surface area contributed by atoms with Gasteiger partial charge in [-0.3, -0.25) is 19.3 Å². The summed E-state index contributed by atoms with van der Waals surface area (Å²) in [5.41, 5.74) is 1.39. The maximum Gasteiger partial charge on any atom is 0.234 e. The van der Waals surface area contributed by atoms with Gasteiger partial charge in [0.05, 0.1) is 145 Å². The minimum absolute atomic E-state index is 0.136. The van der Waals surface area contributed by atoms with Crippen molar-refractivity contribution in [2.24, 2.45) is 11.3 Å². The first-order chi connectivity index (χ1) is 28.1. The molecule has 0 bridgehead atoms. The third-order valence-electron chi connectivity index (χ3n) is 8.94. The number of likely N-dealkylation sites (tertiary alicyclic amines) is 1. The van der Waals surface area contributed by atoms with Gasteiger partial charge < -0.3 is 56.8 Å². The molecule has 2 unspecified atom stereocenters. The molecule has 1 aliphatic rings. The maximum atomic E-state index is 13.1. The Labute approximate surface area is 345 Å². The molecule has 1 aromatic rings. The Morgan fingerprint density at radius 1 is 0.621 bits per heavy atom. The molecule has 16 heteroatoms. The highest BCUT2D eigenvalue weighted by Crippen LogP contribution is 2.37. The van der Waals surface area contributed by atoms with Crippen LogP contribution in [0.15, 0.2) is 18.2 Å². The molecule has 2 amide bonds. The van der Waals surface area contributed by atoms with Crippen LogP contribution in [0.5, 0.6) is 5.75 Å². The van der Waals surface area contributed by atoms with Gasteiger partial charge in [-0.25, -0.2) is 0 Å². The van der Waals surface area contributed by atoms with Gasteiger partial charge in [-0.05, 0) is 36.5 Å². The number of benzene rings is 1. The van der Waals surface area contributed by atoms with Gasteiger partial charge in [0.25, 0.3) is 0 Å². The second kappa shape index (κ2) is 32.2. The van der Waals surface area contributed by atoms with Crippen molar-refractivity contribution >= 4 is 17.6 Å². The molecule has 0 aromatic heterocycles. The van der Waals surface area contributed by atoms with Crippen molar-refractivity contribution in [1.29, 1.82) is 0 Å². The van der Waals surface area contributed by atoms with Crippen molar-refractivity contribution in [1.82, 2.24) is 4.90 Å². The topological polar surface area (TPSA) is 165 Å². The van der Waals surface area contributed by atoms with E-state index in [9.17, 15) is 14.4 Å². The van der Waals surface area contributed by atoms with Crippen LogP contribution < -0.4 is 4.74 Å². The molecule has 2 rings (SSSR count). The highest BCUT2D eigenvalue weighted by Gasteiger charge is 2.48. The van der Waals surface area contributed by atoms with Gasteiger partial charge >= 0.3 is 0 Å². The second-order valence-corrected chi connectivity index (χ2v) is 14.6. The number of hydrogen-bond acceptors (Lipinski definition) is 15. The Bertz CT molecular complexity index is 1240. The zero-order valence-corrected chi connectivity index (χ0v) is 35.9. The van der Waals surface area contributed by atoms with Gasteiger partial charge in [-0.1, -0.05) is 32.9 Å². The fourth-order valence-electron chi connectivity index (χ4n) is 5.73. The highest BCUT2D eigenvalue weighted by atomic mass is 16.6. The Kier molecular flexibility index (Phi) is 28.6. The van der Waals surface area contributed by atoms with E-state index in [4.69, 9.17) is 56.8 Å². The Balaban J connectivity index is 1.34. The van der Waals surface area contributed by atoms with E-state index in [0.717, 1.165) is 11.1 Å². The summed E-state index contributed by atoms with van der Waals surface area (Å²) in [6.07, 6.45) is 0.402. The molecule has 334 valence electrons. The molecule has 0 saturated carbocycles. The lowest BCUT2D eigenvalue weighted by Gasteiger charge is -2.28. The molecule has 2 atom stereocenters. The number of methoxy groups -OCH3 is 1. The van der Waals surface area contributed by atoms with Gasteiger partial charge in [0.1, 0.15) is 18.4 Å². The van der Waals surface area contributed by atoms with Crippen LogP contribution in [-0.2, 0) is 72.9 Å². The number of imide groups is 1. The van der Waals surface area contributed by atoms with Crippen LogP contribution in [0.2, 0.25) is 0 Å². The summed E-state index contributed by atoms with van der Waals surface area (Å²) in [7, 11) is 1.64. The fraction of sp³-hybridized carbons (Fsp3) is 0.786. The summed E-state index contributed by atoms with van der Waals surface area (Å²) in [5.74, 6) is -0.482. The Hall–Kier alpha value is -2.61. The SMILES string of the molecule is COCCOCCOCCOCCOCCOCCOCCOCCOCCOCCOCCOc1ccc(CC(C(C)=O)N2C(=O)CC(C(C)(C)C)C2=O)cc1C. The van der Waals surface area contributed by atoms with Crippen molar-refractivity contribution in [2.45, 2.75) is 53.5 Å². The molecule has 1 aliphatic heterocycles. The predicted molar refractivity (Wildman–Crippen MR) is 214 cm³/mol. The van der Waals surface area contributed by atoms with E-state index in [1.165, 1.54) is 11.8 Å². The maximum absolute atomic E-state index is 13.1. The van der Waals surface area contributed by atoms with E-state index in [0.29, 0.717) is 151 Å². The van der Waals surface area contributed by atoms with Crippen LogP contribution in [0.25, 0.3) is 0 Å². The molecular formula is C42H71NO15. The number of ketones is 1. The number of Topliss-reactive ketones (excluding diaryl/α,β-unsaturated/α-hetero) is 1. The molecule has 0 aliphatic carbocycles. The predicted octanol–water partition coefficient (Wildman–Crippen LogP) is 3.11. The summed E-state index contributed by atoms with van der Waals surface area (Å²) in [4.78, 5) is 39.7. The third-order valence-corrected chi connectivity index (χ3v) is 8.94. The van der Waals surface area contributed by atoms with Crippen molar-refractivity contribution < 1.29 is 71.2 Å². The monoisotopic (exact) mass is 829 g/mol. The third kappa shape index (κ3) is 23.3. The van der Waals surface area contributed by atoms with E-state index in [2.05, 4.69) is 0 Å². The highest BCUT2D eigenvalue weighted by molar-refractivity contribution is 6.07. The number of carbonyl (C=O) groups excluding carboxylic acids is 3. The Morgan fingerprint density at radius 3 is 1.29 bits per heavy atom. The molecule has 0 N–H and O–H groups in total. The molecule has 1 aromatic carbocycles. The van der Waals surface area contributed by atoms with Crippen LogP contribution in [0, 0.1) is 18.3 Å². The lowest BCUT2D eigenvalue weighted by molar-refractivity contribution is -0.147. The quantitative estimate of drug-likeness (QED) is 0.0705. The minimum atomic E-state index is -0.820. The minimum Gasteiger partial charge on any atom is -0.491 e. The largest absolute Gasteiger partial charge is 0.491 e. The van der Waals surface area contributed by atoms with Gasteiger partial charge in [-0.2, -0.15) is 0 Å². The van der Waals surface area contributed by atoms with E-state index in [1.54, 1.807) is 7.11 Å². The van der Waals surface area contributed by atoms with Crippen LogP contribution in [0.1, 0.15) is 45.2 Å². The number of nitrogens with zero attached hydrogens (tertiary/aromatic N) is 1. The number of hydrogen-bond donors (Lipinski definition) is 0. The standard InChI is InChI=1S/C42H71NO15/c1-34-31-36(32-38(35(2)44)43-40(45)33-37(41(43)46)42(3,4)5)7-8-39(34)58-30-29-57-28-27-56-26-25-55-24-23-54-22-21-53-20-19-52-18-17-51-16-15-50-14-13-49-12-11-48-10-9-47-6/h7-8,31,37-38H,9-30,32-33H2,1-6H3. The molecule has 0 radical (unpaired) electrons. The van der Waals surface area contributed by atoms with Gasteiger partial charge in [0, 0.05) is 20.0 Å². The van der Waals surface area contributed by atoms with E-state index in [1.807, 2.05) is 45.9 Å². The summed E-state index contributed by atoms with van der Waals surface area (Å²) in [6, 6.07) is 4.82. The zero-order chi connectivity index (χ0) is 42.3. The summed E-state index contributed by atoms with van der Waals surface area (Å²) >= 11 is 0. The molecule has 1 fully saturated rings. The number of amides is 2. The van der Waals surface area contributed by atoms with E-state index in [-0.39, 0.29) is 35.9 Å². The first-order valence-corrected chi connectivity index (χ1v) is 20.4. The first kappa shape index (κ1) is 51.5. The second-order valence-electron chi connectivity index (χ2n) is 14.6. The average molecular weight is 830 g/mol. The molecule has 16 nitrogen and oxygen atoms in total. The molecule has 1 heterocycles. The van der Waals surface area contributed by atoms with Crippen molar-refractivity contribution in [3.63, 3.8) is 0 Å². The normalized spacial score (nSPS) is 15.1. The molecule has 1 saturated heterocycles. The van der Waals surface area contributed by atoms with Crippen molar-refractivity contribution in [3.8, 4) is 5.75 Å². The number of aryl methyl sites for hydroxylation is 1. The molecular weight excluding hydrogens is 758 g/mol. The average Bonchev–Trinajstić information content (AvgIpc) is 3.49.